The molecule has 1 amide bonds. The van der Waals surface area contributed by atoms with E-state index < -0.39 is 0 Å². The molecule has 0 saturated carbocycles. The predicted molar refractivity (Wildman–Crippen MR) is 115 cm³/mol. The van der Waals surface area contributed by atoms with Crippen LogP contribution in [-0.4, -0.2) is 78.4 Å². The Balaban J connectivity index is 1.44. The molecule has 3 aliphatic rings. The second-order valence-corrected chi connectivity index (χ2v) is 8.92. The molecular formula is C21H32ClN5O3. The number of carbonyl (C=O) groups excluding carboxylic acids is 1. The number of carbonyl (C=O) groups is 1. The van der Waals surface area contributed by atoms with Crippen molar-refractivity contribution in [2.75, 3.05) is 38.3 Å². The van der Waals surface area contributed by atoms with E-state index in [4.69, 9.17) is 21.1 Å². The first-order chi connectivity index (χ1) is 14.5. The average molecular weight is 438 g/mol. The highest BCUT2D eigenvalue weighted by Gasteiger charge is 2.40. The second kappa shape index (κ2) is 9.66. The molecule has 0 aliphatic carbocycles. The second-order valence-electron chi connectivity index (χ2n) is 8.53. The smallest absolute Gasteiger partial charge is 0.234 e. The van der Waals surface area contributed by atoms with Crippen molar-refractivity contribution >= 4 is 23.5 Å². The van der Waals surface area contributed by atoms with Gasteiger partial charge in [-0.15, -0.1) is 0 Å². The van der Waals surface area contributed by atoms with Gasteiger partial charge in [-0.3, -0.25) is 9.69 Å². The van der Waals surface area contributed by atoms with Crippen molar-refractivity contribution in [3.63, 3.8) is 0 Å². The quantitative estimate of drug-likeness (QED) is 0.655. The van der Waals surface area contributed by atoms with E-state index in [9.17, 15) is 4.79 Å². The lowest BCUT2D eigenvalue weighted by molar-refractivity contribution is -0.125. The van der Waals surface area contributed by atoms with Crippen LogP contribution in [0.15, 0.2) is 6.07 Å². The minimum absolute atomic E-state index is 0.0194. The minimum atomic E-state index is 0.0194. The number of amides is 1. The molecule has 3 fully saturated rings. The van der Waals surface area contributed by atoms with Gasteiger partial charge in [-0.1, -0.05) is 18.0 Å². The zero-order valence-corrected chi connectivity index (χ0v) is 18.6. The zero-order valence-electron chi connectivity index (χ0n) is 17.8. The molecule has 0 aromatic carbocycles. The van der Waals surface area contributed by atoms with Gasteiger partial charge in [-0.05, 0) is 32.6 Å². The molecule has 1 N–H and O–H groups in total. The van der Waals surface area contributed by atoms with Crippen LogP contribution < -0.4 is 15.0 Å². The fourth-order valence-electron chi connectivity index (χ4n) is 4.99. The number of hydrogen-bond donors (Lipinski definition) is 1. The Morgan fingerprint density at radius 2 is 2.10 bits per heavy atom. The summed E-state index contributed by atoms with van der Waals surface area (Å²) in [6.45, 7) is 4.43. The summed E-state index contributed by atoms with van der Waals surface area (Å²) < 4.78 is 11.3. The van der Waals surface area contributed by atoms with Crippen LogP contribution in [0.4, 0.5) is 5.95 Å². The van der Waals surface area contributed by atoms with Crippen molar-refractivity contribution in [2.45, 2.75) is 69.7 Å². The molecule has 3 aliphatic heterocycles. The molecule has 8 nitrogen and oxygen atoms in total. The summed E-state index contributed by atoms with van der Waals surface area (Å²) in [5.41, 5.74) is 0. The van der Waals surface area contributed by atoms with E-state index in [0.29, 0.717) is 61.4 Å². The van der Waals surface area contributed by atoms with Crippen LogP contribution in [0.5, 0.6) is 5.88 Å². The summed E-state index contributed by atoms with van der Waals surface area (Å²) in [5.74, 6) is 1.22. The monoisotopic (exact) mass is 437 g/mol. The number of nitrogens with zero attached hydrogens (tertiary/aromatic N) is 4. The normalized spacial score (nSPS) is 28.9. The van der Waals surface area contributed by atoms with E-state index in [1.807, 2.05) is 14.0 Å². The molecule has 1 aromatic heterocycles. The van der Waals surface area contributed by atoms with Crippen molar-refractivity contribution in [1.82, 2.24) is 20.2 Å². The van der Waals surface area contributed by atoms with E-state index in [2.05, 4.69) is 25.1 Å². The van der Waals surface area contributed by atoms with E-state index in [1.54, 1.807) is 6.07 Å². The summed E-state index contributed by atoms with van der Waals surface area (Å²) >= 11 is 6.28. The van der Waals surface area contributed by atoms with E-state index in [-0.39, 0.29) is 12.0 Å². The van der Waals surface area contributed by atoms with Crippen molar-refractivity contribution in [1.29, 1.82) is 0 Å². The highest BCUT2D eigenvalue weighted by molar-refractivity contribution is 6.29. The average Bonchev–Trinajstić information content (AvgIpc) is 3.20. The first-order valence-corrected chi connectivity index (χ1v) is 11.5. The molecule has 166 valence electrons. The van der Waals surface area contributed by atoms with Gasteiger partial charge < -0.3 is 19.7 Å². The molecule has 0 radical (unpaired) electrons. The van der Waals surface area contributed by atoms with Crippen molar-refractivity contribution in [3.8, 4) is 5.88 Å². The van der Waals surface area contributed by atoms with Gasteiger partial charge >= 0.3 is 0 Å². The molecule has 4 atom stereocenters. The van der Waals surface area contributed by atoms with Crippen LogP contribution in [0.25, 0.3) is 0 Å². The fraction of sp³-hybridized carbons (Fsp3) is 0.762. The Labute approximate surface area is 183 Å². The number of rotatable bonds is 7. The molecule has 4 rings (SSSR count). The number of hydrogen-bond acceptors (Lipinski definition) is 7. The predicted octanol–water partition coefficient (Wildman–Crippen LogP) is 2.26. The number of piperidine rings is 2. The third-order valence-electron chi connectivity index (χ3n) is 6.50. The van der Waals surface area contributed by atoms with Crippen LogP contribution in [0.2, 0.25) is 5.15 Å². The lowest BCUT2D eigenvalue weighted by atomic mass is 9.81. The number of likely N-dealkylation sites (N-methyl/N-ethyl adjacent to an activating group) is 1. The third-order valence-corrected chi connectivity index (χ3v) is 6.69. The Bertz CT molecular complexity index is 731. The largest absolute Gasteiger partial charge is 0.472 e. The highest BCUT2D eigenvalue weighted by atomic mass is 35.5. The number of anilines is 1. The molecule has 4 heterocycles. The molecule has 2 bridgehead atoms. The van der Waals surface area contributed by atoms with Gasteiger partial charge in [0.25, 0.3) is 0 Å². The Morgan fingerprint density at radius 3 is 2.77 bits per heavy atom. The maximum absolute atomic E-state index is 12.2. The molecule has 30 heavy (non-hydrogen) atoms. The lowest BCUT2D eigenvalue weighted by Gasteiger charge is -2.50. The summed E-state index contributed by atoms with van der Waals surface area (Å²) in [6, 6.07) is 2.81. The van der Waals surface area contributed by atoms with E-state index in [0.717, 1.165) is 32.1 Å². The van der Waals surface area contributed by atoms with Crippen LogP contribution in [0, 0.1) is 0 Å². The maximum Gasteiger partial charge on any atom is 0.234 e. The van der Waals surface area contributed by atoms with Gasteiger partial charge in [-0.2, -0.15) is 4.98 Å². The van der Waals surface area contributed by atoms with Crippen LogP contribution in [0.3, 0.4) is 0 Å². The first-order valence-electron chi connectivity index (χ1n) is 11.1. The number of ether oxygens (including phenoxy) is 2. The number of halogens is 1. The number of nitrogens with one attached hydrogen (secondary N) is 1. The van der Waals surface area contributed by atoms with E-state index >= 15 is 0 Å². The van der Waals surface area contributed by atoms with Crippen LogP contribution >= 0.6 is 11.6 Å². The Morgan fingerprint density at radius 1 is 1.33 bits per heavy atom. The van der Waals surface area contributed by atoms with Crippen molar-refractivity contribution < 1.29 is 14.3 Å². The minimum Gasteiger partial charge on any atom is -0.472 e. The number of fused-ring (bicyclic) bond motifs is 2. The Hall–Kier alpha value is -1.64. The molecule has 1 aromatic rings. The SMILES string of the molecule is CCNC(=O)CN1[C@@H]2CCC[C@H]1CC(N(C)c1nc(Cl)cc(O[C@H]3CCOC3)n1)C2. The van der Waals surface area contributed by atoms with Crippen molar-refractivity contribution in [2.24, 2.45) is 0 Å². The molecule has 1 unspecified atom stereocenters. The first kappa shape index (κ1) is 21.6. The maximum atomic E-state index is 12.2. The fourth-order valence-corrected chi connectivity index (χ4v) is 5.16. The van der Waals surface area contributed by atoms with Gasteiger partial charge in [0.15, 0.2) is 0 Å². The number of aromatic nitrogens is 2. The van der Waals surface area contributed by atoms with Crippen LogP contribution in [-0.2, 0) is 9.53 Å². The van der Waals surface area contributed by atoms with Gasteiger partial charge in [0.2, 0.25) is 17.7 Å². The molecule has 9 heteroatoms. The zero-order chi connectivity index (χ0) is 21.1. The van der Waals surface area contributed by atoms with Gasteiger partial charge in [0.05, 0.1) is 19.8 Å². The lowest BCUT2D eigenvalue weighted by Crippen LogP contribution is -2.58. The van der Waals surface area contributed by atoms with Crippen molar-refractivity contribution in [3.05, 3.63) is 11.2 Å². The summed E-state index contributed by atoms with van der Waals surface area (Å²) in [7, 11) is 2.04. The highest BCUT2D eigenvalue weighted by Crippen LogP contribution is 2.36. The topological polar surface area (TPSA) is 79.8 Å². The van der Waals surface area contributed by atoms with Gasteiger partial charge in [0, 0.05) is 44.2 Å². The van der Waals surface area contributed by atoms with E-state index in [1.165, 1.54) is 6.42 Å². The molecule has 3 saturated heterocycles. The van der Waals surface area contributed by atoms with Crippen LogP contribution in [0.1, 0.15) is 45.4 Å². The Kier molecular flexibility index (Phi) is 6.95. The van der Waals surface area contributed by atoms with Gasteiger partial charge in [-0.25, -0.2) is 4.98 Å². The summed E-state index contributed by atoms with van der Waals surface area (Å²) in [6.07, 6.45) is 6.36. The van der Waals surface area contributed by atoms with Gasteiger partial charge in [0.1, 0.15) is 11.3 Å². The summed E-state index contributed by atoms with van der Waals surface area (Å²) in [5, 5.41) is 3.32. The summed E-state index contributed by atoms with van der Waals surface area (Å²) in [4.78, 5) is 25.8. The third kappa shape index (κ3) is 4.98. The standard InChI is InChI=1S/C21H32ClN5O3/c1-3-23-19(28)12-27-14-5-4-6-15(27)10-16(9-14)26(2)21-24-18(22)11-20(25-21)30-17-7-8-29-13-17/h11,14-17H,3-10,12-13H2,1-2H3,(H,23,28)/t14-,15+,16?,17-/m0/s1. The molecular weight excluding hydrogens is 406 g/mol. The molecule has 0 spiro atoms.